The van der Waals surface area contributed by atoms with Crippen LogP contribution in [0.4, 0.5) is 0 Å². The molecule has 2 aromatic rings. The summed E-state index contributed by atoms with van der Waals surface area (Å²) in [6.07, 6.45) is 2.33. The molecule has 2 N–H and O–H groups in total. The van der Waals surface area contributed by atoms with Crippen LogP contribution >= 0.6 is 11.3 Å². The Kier molecular flexibility index (Phi) is 7.30. The normalized spacial score (nSPS) is 17.7. The topological polar surface area (TPSA) is 39.7 Å². The van der Waals surface area contributed by atoms with Crippen molar-refractivity contribution in [3.05, 3.63) is 57.8 Å². The number of aliphatic imine (C=N–C) groups is 1. The van der Waals surface area contributed by atoms with Crippen LogP contribution in [0.5, 0.6) is 0 Å². The Morgan fingerprint density at radius 1 is 1.22 bits per heavy atom. The number of nitrogens with zero attached hydrogens (tertiary/aromatic N) is 2. The lowest BCUT2D eigenvalue weighted by Gasteiger charge is -2.33. The number of thiophene rings is 1. The van der Waals surface area contributed by atoms with Crippen LogP contribution < -0.4 is 10.6 Å². The van der Waals surface area contributed by atoms with E-state index >= 15 is 0 Å². The summed E-state index contributed by atoms with van der Waals surface area (Å²) in [7, 11) is 1.86. The van der Waals surface area contributed by atoms with Gasteiger partial charge in [0.15, 0.2) is 5.96 Å². The number of rotatable bonds is 6. The monoisotopic (exact) mass is 384 g/mol. The van der Waals surface area contributed by atoms with Gasteiger partial charge in [0.2, 0.25) is 0 Å². The molecular formula is C22H32N4S. The Hall–Kier alpha value is -1.85. The molecule has 2 heterocycles. The van der Waals surface area contributed by atoms with Crippen molar-refractivity contribution in [2.24, 2.45) is 4.99 Å². The molecule has 5 heteroatoms. The van der Waals surface area contributed by atoms with Crippen LogP contribution in [0.25, 0.3) is 0 Å². The molecule has 1 unspecified atom stereocenters. The molecular weight excluding hydrogens is 352 g/mol. The highest BCUT2D eigenvalue weighted by Crippen LogP contribution is 2.16. The van der Waals surface area contributed by atoms with Gasteiger partial charge in [0.25, 0.3) is 0 Å². The van der Waals surface area contributed by atoms with Gasteiger partial charge >= 0.3 is 0 Å². The second kappa shape index (κ2) is 9.90. The molecule has 0 bridgehead atoms. The summed E-state index contributed by atoms with van der Waals surface area (Å²) in [6, 6.07) is 11.5. The predicted molar refractivity (Wildman–Crippen MR) is 117 cm³/mol. The smallest absolute Gasteiger partial charge is 0.191 e. The highest BCUT2D eigenvalue weighted by atomic mass is 32.1. The molecule has 1 aromatic carbocycles. The van der Waals surface area contributed by atoms with Crippen molar-refractivity contribution in [3.63, 3.8) is 0 Å². The molecule has 4 nitrogen and oxygen atoms in total. The first-order chi connectivity index (χ1) is 13.1. The third-order valence-electron chi connectivity index (χ3n) is 5.36. The van der Waals surface area contributed by atoms with E-state index in [1.807, 2.05) is 7.05 Å². The van der Waals surface area contributed by atoms with Gasteiger partial charge in [-0.25, -0.2) is 0 Å². The van der Waals surface area contributed by atoms with Gasteiger partial charge in [-0.3, -0.25) is 9.89 Å². The van der Waals surface area contributed by atoms with Crippen molar-refractivity contribution < 1.29 is 0 Å². The number of guanidine groups is 1. The summed E-state index contributed by atoms with van der Waals surface area (Å²) in [4.78, 5) is 6.98. The molecule has 1 atom stereocenters. The third kappa shape index (κ3) is 6.08. The minimum atomic E-state index is 0.455. The number of hydrogen-bond donors (Lipinski definition) is 2. The molecule has 0 spiro atoms. The molecule has 146 valence electrons. The number of benzene rings is 1. The standard InChI is InChI=1S/C22H32N4S/c1-17-4-6-20(7-5-17)18(2)14-24-22(23-3)25-21-8-11-26(12-9-21)15-19-10-13-27-16-19/h4-7,10,13,16,18,21H,8-9,11-12,14-15H2,1-3H3,(H2,23,24,25). The second-order valence-electron chi connectivity index (χ2n) is 7.59. The lowest BCUT2D eigenvalue weighted by Crippen LogP contribution is -2.49. The second-order valence-corrected chi connectivity index (χ2v) is 8.37. The zero-order chi connectivity index (χ0) is 19.1. The first kappa shape index (κ1) is 19.9. The van der Waals surface area contributed by atoms with Crippen molar-refractivity contribution in [1.29, 1.82) is 0 Å². The molecule has 1 fully saturated rings. The lowest BCUT2D eigenvalue weighted by molar-refractivity contribution is 0.198. The van der Waals surface area contributed by atoms with Crippen LogP contribution in [-0.4, -0.2) is 43.6 Å². The van der Waals surface area contributed by atoms with Gasteiger partial charge in [-0.1, -0.05) is 36.8 Å². The zero-order valence-electron chi connectivity index (χ0n) is 16.7. The van der Waals surface area contributed by atoms with Crippen LogP contribution in [0.2, 0.25) is 0 Å². The Bertz CT molecular complexity index is 700. The fraction of sp³-hybridized carbons (Fsp3) is 0.500. The van der Waals surface area contributed by atoms with Gasteiger partial charge in [-0.05, 0) is 53.6 Å². The van der Waals surface area contributed by atoms with Gasteiger partial charge in [0, 0.05) is 39.3 Å². The molecule has 1 aliphatic heterocycles. The third-order valence-corrected chi connectivity index (χ3v) is 6.09. The molecule has 1 saturated heterocycles. The van der Waals surface area contributed by atoms with Gasteiger partial charge in [-0.2, -0.15) is 11.3 Å². The minimum absolute atomic E-state index is 0.455. The molecule has 3 rings (SSSR count). The zero-order valence-corrected chi connectivity index (χ0v) is 17.6. The highest BCUT2D eigenvalue weighted by Gasteiger charge is 2.20. The summed E-state index contributed by atoms with van der Waals surface area (Å²) in [5.41, 5.74) is 4.11. The molecule has 0 saturated carbocycles. The quantitative estimate of drug-likeness (QED) is 0.584. The number of nitrogens with one attached hydrogen (secondary N) is 2. The van der Waals surface area contributed by atoms with Crippen LogP contribution in [-0.2, 0) is 6.54 Å². The average molecular weight is 385 g/mol. The van der Waals surface area contributed by atoms with Crippen LogP contribution in [0, 0.1) is 6.92 Å². The SMILES string of the molecule is CN=C(NCC(C)c1ccc(C)cc1)NC1CCN(Cc2ccsc2)CC1. The fourth-order valence-electron chi connectivity index (χ4n) is 3.53. The first-order valence-electron chi connectivity index (χ1n) is 9.91. The van der Waals surface area contributed by atoms with Crippen molar-refractivity contribution >= 4 is 17.3 Å². The molecule has 27 heavy (non-hydrogen) atoms. The Labute approximate surface area is 167 Å². The Morgan fingerprint density at radius 3 is 2.59 bits per heavy atom. The van der Waals surface area contributed by atoms with Gasteiger partial charge in [0.05, 0.1) is 0 Å². The summed E-state index contributed by atoms with van der Waals surface area (Å²) in [5.74, 6) is 1.38. The van der Waals surface area contributed by atoms with Crippen LogP contribution in [0.3, 0.4) is 0 Å². The summed E-state index contributed by atoms with van der Waals surface area (Å²) in [6.45, 7) is 8.64. The van der Waals surface area contributed by atoms with Crippen molar-refractivity contribution in [2.75, 3.05) is 26.7 Å². The van der Waals surface area contributed by atoms with Crippen LogP contribution in [0.1, 0.15) is 42.4 Å². The van der Waals surface area contributed by atoms with Crippen LogP contribution in [0.15, 0.2) is 46.1 Å². The maximum atomic E-state index is 4.42. The van der Waals surface area contributed by atoms with Gasteiger partial charge in [0.1, 0.15) is 0 Å². The van der Waals surface area contributed by atoms with E-state index < -0.39 is 0 Å². The molecule has 0 aliphatic carbocycles. The highest BCUT2D eigenvalue weighted by molar-refractivity contribution is 7.07. The molecule has 0 amide bonds. The Balaban J connectivity index is 1.40. The fourth-order valence-corrected chi connectivity index (χ4v) is 4.19. The van der Waals surface area contributed by atoms with E-state index in [1.165, 1.54) is 29.5 Å². The lowest BCUT2D eigenvalue weighted by atomic mass is 10.00. The van der Waals surface area contributed by atoms with Gasteiger partial charge in [-0.15, -0.1) is 0 Å². The number of hydrogen-bond acceptors (Lipinski definition) is 3. The van der Waals surface area contributed by atoms with Crippen molar-refractivity contribution in [2.45, 2.75) is 45.2 Å². The van der Waals surface area contributed by atoms with E-state index in [4.69, 9.17) is 0 Å². The summed E-state index contributed by atoms with van der Waals surface area (Å²) >= 11 is 1.78. The number of aryl methyl sites for hydroxylation is 1. The number of likely N-dealkylation sites (tertiary alicyclic amines) is 1. The summed E-state index contributed by atoms with van der Waals surface area (Å²) < 4.78 is 0. The minimum Gasteiger partial charge on any atom is -0.356 e. The number of piperidine rings is 1. The van der Waals surface area contributed by atoms with E-state index in [1.54, 1.807) is 11.3 Å². The maximum absolute atomic E-state index is 4.42. The van der Waals surface area contributed by atoms with E-state index in [9.17, 15) is 0 Å². The van der Waals surface area contributed by atoms with E-state index in [-0.39, 0.29) is 0 Å². The van der Waals surface area contributed by atoms with E-state index in [2.05, 4.69) is 75.5 Å². The van der Waals surface area contributed by atoms with Crippen molar-refractivity contribution in [1.82, 2.24) is 15.5 Å². The largest absolute Gasteiger partial charge is 0.356 e. The first-order valence-corrected chi connectivity index (χ1v) is 10.9. The summed E-state index contributed by atoms with van der Waals surface area (Å²) in [5, 5.41) is 11.5. The van der Waals surface area contributed by atoms with Gasteiger partial charge < -0.3 is 10.6 Å². The molecule has 1 aliphatic rings. The Morgan fingerprint density at radius 2 is 1.96 bits per heavy atom. The van der Waals surface area contributed by atoms with E-state index in [0.717, 1.165) is 32.1 Å². The average Bonchev–Trinajstić information content (AvgIpc) is 3.20. The predicted octanol–water partition coefficient (Wildman–Crippen LogP) is 3.99. The molecule has 0 radical (unpaired) electrons. The van der Waals surface area contributed by atoms with E-state index in [0.29, 0.717) is 12.0 Å². The maximum Gasteiger partial charge on any atom is 0.191 e. The molecule has 1 aromatic heterocycles. The van der Waals surface area contributed by atoms with Crippen molar-refractivity contribution in [3.8, 4) is 0 Å².